The highest BCUT2D eigenvalue weighted by Crippen LogP contribution is 2.44. The molecule has 3 aliphatic heterocycles. The van der Waals surface area contributed by atoms with E-state index in [4.69, 9.17) is 16.6 Å². The number of thioether (sulfide) groups is 1. The van der Waals surface area contributed by atoms with Crippen molar-refractivity contribution in [2.75, 3.05) is 31.9 Å². The molecule has 1 amide bonds. The molecule has 3 heterocycles. The molecule has 1 atom stereocenters. The molecule has 42 heavy (non-hydrogen) atoms. The van der Waals surface area contributed by atoms with Crippen molar-refractivity contribution in [1.82, 2.24) is 10.2 Å². The van der Waals surface area contributed by atoms with Gasteiger partial charge in [-0.15, -0.1) is 11.8 Å². The zero-order chi connectivity index (χ0) is 28.9. The molecule has 0 spiro atoms. The van der Waals surface area contributed by atoms with Crippen LogP contribution in [0.5, 0.6) is 0 Å². The molecule has 4 aliphatic rings. The van der Waals surface area contributed by atoms with Gasteiger partial charge in [-0.2, -0.15) is 0 Å². The highest BCUT2D eigenvalue weighted by Gasteiger charge is 2.38. The van der Waals surface area contributed by atoms with E-state index in [9.17, 15) is 9.59 Å². The van der Waals surface area contributed by atoms with Crippen LogP contribution in [0.15, 0.2) is 93.0 Å². The van der Waals surface area contributed by atoms with E-state index in [1.165, 1.54) is 18.4 Å². The summed E-state index contributed by atoms with van der Waals surface area (Å²) in [5, 5.41) is 3.83. The van der Waals surface area contributed by atoms with E-state index in [2.05, 4.69) is 40.5 Å². The molecular weight excluding hydrogens is 562 g/mol. The highest BCUT2D eigenvalue weighted by molar-refractivity contribution is 8.04. The van der Waals surface area contributed by atoms with Gasteiger partial charge in [-0.1, -0.05) is 60.1 Å². The number of fused-ring (bicyclic) bond motifs is 1. The van der Waals surface area contributed by atoms with E-state index in [-0.39, 0.29) is 17.6 Å². The smallest absolute Gasteiger partial charge is 0.257 e. The van der Waals surface area contributed by atoms with Gasteiger partial charge in [-0.05, 0) is 98.4 Å². The SMILES string of the molecule is O=C(NCCN1CCC(Cc2ccccc2)CC1)C1=CC2=C(CS1)C1=C(CCCC=N1)C(=O)C2Cc1ccccc1Cl. The molecule has 0 radical (unpaired) electrons. The summed E-state index contributed by atoms with van der Waals surface area (Å²) in [5.74, 6) is 1.09. The summed E-state index contributed by atoms with van der Waals surface area (Å²) in [4.78, 5) is 35.1. The summed E-state index contributed by atoms with van der Waals surface area (Å²) < 4.78 is 0. The molecule has 1 saturated heterocycles. The molecule has 218 valence electrons. The maximum absolute atomic E-state index is 13.9. The number of nitrogens with zero attached hydrogens (tertiary/aromatic N) is 2. The Morgan fingerprint density at radius 1 is 1.02 bits per heavy atom. The van der Waals surface area contributed by atoms with Gasteiger partial charge in [-0.3, -0.25) is 14.6 Å². The number of Topliss-reactive ketones (excluding diaryl/α,β-unsaturated/α-hetero) is 1. The number of rotatable bonds is 8. The largest absolute Gasteiger partial charge is 0.350 e. The second-order valence-electron chi connectivity index (χ2n) is 11.7. The van der Waals surface area contributed by atoms with Gasteiger partial charge >= 0.3 is 0 Å². The standard InChI is InChI=1S/C35H38ClN3O2S/c36-31-12-5-4-10-26(31)21-29-28-22-32(42-23-30(28)33-27(34(29)40)11-6-7-15-37-33)35(41)38-16-19-39-17-13-25(14-18-39)20-24-8-2-1-3-9-24/h1-5,8-10,12,15,22,25,29H,6-7,11,13-14,16-21,23H2,(H,38,41). The Morgan fingerprint density at radius 3 is 2.62 bits per heavy atom. The number of carbonyl (C=O) groups excluding carboxylic acids is 2. The first-order chi connectivity index (χ1) is 20.6. The van der Waals surface area contributed by atoms with Gasteiger partial charge in [0.2, 0.25) is 0 Å². The van der Waals surface area contributed by atoms with Crippen LogP contribution >= 0.6 is 23.4 Å². The molecule has 1 fully saturated rings. The lowest BCUT2D eigenvalue weighted by Crippen LogP contribution is -2.40. The molecule has 1 aliphatic carbocycles. The average molecular weight is 600 g/mol. The van der Waals surface area contributed by atoms with Crippen molar-refractivity contribution >= 4 is 41.3 Å². The van der Waals surface area contributed by atoms with Crippen LogP contribution in [-0.4, -0.2) is 54.7 Å². The molecule has 0 bridgehead atoms. The van der Waals surface area contributed by atoms with E-state index < -0.39 is 0 Å². The van der Waals surface area contributed by atoms with Gasteiger partial charge in [0.05, 0.1) is 16.5 Å². The van der Waals surface area contributed by atoms with Crippen molar-refractivity contribution in [3.8, 4) is 0 Å². The predicted octanol–water partition coefficient (Wildman–Crippen LogP) is 6.59. The minimum atomic E-state index is -0.354. The fourth-order valence-corrected chi connectivity index (χ4v) is 7.82. The summed E-state index contributed by atoms with van der Waals surface area (Å²) >= 11 is 8.08. The van der Waals surface area contributed by atoms with Gasteiger partial charge in [0.1, 0.15) is 0 Å². The lowest BCUT2D eigenvalue weighted by atomic mass is 9.76. The maximum atomic E-state index is 13.9. The maximum Gasteiger partial charge on any atom is 0.257 e. The molecule has 7 heteroatoms. The lowest BCUT2D eigenvalue weighted by molar-refractivity contribution is -0.119. The number of ketones is 1. The Labute approximate surface area is 258 Å². The van der Waals surface area contributed by atoms with Crippen molar-refractivity contribution in [2.24, 2.45) is 16.8 Å². The van der Waals surface area contributed by atoms with Crippen LogP contribution < -0.4 is 5.32 Å². The Morgan fingerprint density at radius 2 is 1.81 bits per heavy atom. The molecule has 0 aromatic heterocycles. The molecule has 5 nitrogen and oxygen atoms in total. The molecular formula is C35H38ClN3O2S. The molecule has 2 aromatic carbocycles. The third kappa shape index (κ3) is 6.66. The number of hydrogen-bond donors (Lipinski definition) is 1. The molecule has 6 rings (SSSR count). The van der Waals surface area contributed by atoms with Crippen molar-refractivity contribution in [3.63, 3.8) is 0 Å². The Hall–Kier alpha value is -2.93. The highest BCUT2D eigenvalue weighted by atomic mass is 35.5. The van der Waals surface area contributed by atoms with Gasteiger partial charge in [0, 0.05) is 35.7 Å². The summed E-state index contributed by atoms with van der Waals surface area (Å²) in [5.41, 5.74) is 6.08. The van der Waals surface area contributed by atoms with Gasteiger partial charge < -0.3 is 10.2 Å². The van der Waals surface area contributed by atoms with Crippen molar-refractivity contribution in [3.05, 3.63) is 104 Å². The summed E-state index contributed by atoms with van der Waals surface area (Å²) in [6.07, 6.45) is 10.5. The number of allylic oxidation sites excluding steroid dienone is 4. The number of carbonyl (C=O) groups is 2. The van der Waals surface area contributed by atoms with E-state index >= 15 is 0 Å². The van der Waals surface area contributed by atoms with Crippen LogP contribution in [0.25, 0.3) is 0 Å². The van der Waals surface area contributed by atoms with Crippen LogP contribution in [0, 0.1) is 11.8 Å². The van der Waals surface area contributed by atoms with Crippen LogP contribution in [0.3, 0.4) is 0 Å². The molecule has 1 N–H and O–H groups in total. The topological polar surface area (TPSA) is 61.8 Å². The molecule has 1 unspecified atom stereocenters. The van der Waals surface area contributed by atoms with Crippen LogP contribution in [-0.2, 0) is 22.4 Å². The third-order valence-corrected chi connectivity index (χ3v) is 10.4. The first-order valence-electron chi connectivity index (χ1n) is 15.2. The van der Waals surface area contributed by atoms with Crippen LogP contribution in [0.1, 0.15) is 43.2 Å². The number of aliphatic imine (C=N–C) groups is 1. The average Bonchev–Trinajstić information content (AvgIpc) is 3.28. The van der Waals surface area contributed by atoms with Gasteiger partial charge in [-0.25, -0.2) is 0 Å². The van der Waals surface area contributed by atoms with Crippen LogP contribution in [0.2, 0.25) is 5.02 Å². The first-order valence-corrected chi connectivity index (χ1v) is 16.6. The minimum absolute atomic E-state index is 0.0569. The van der Waals surface area contributed by atoms with E-state index in [0.29, 0.717) is 28.6 Å². The zero-order valence-corrected chi connectivity index (χ0v) is 25.6. The van der Waals surface area contributed by atoms with E-state index in [1.54, 1.807) is 11.8 Å². The number of benzene rings is 2. The lowest BCUT2D eigenvalue weighted by Gasteiger charge is -2.32. The van der Waals surface area contributed by atoms with Crippen molar-refractivity contribution in [1.29, 1.82) is 0 Å². The fraction of sp³-hybridized carbons (Fsp3) is 0.400. The minimum Gasteiger partial charge on any atom is -0.350 e. The van der Waals surface area contributed by atoms with Gasteiger partial charge in [0.25, 0.3) is 5.91 Å². The summed E-state index contributed by atoms with van der Waals surface area (Å²) in [6.45, 7) is 3.62. The second-order valence-corrected chi connectivity index (χ2v) is 13.1. The number of nitrogens with one attached hydrogen (secondary N) is 1. The third-order valence-electron chi connectivity index (χ3n) is 8.94. The number of halogens is 1. The monoisotopic (exact) mass is 599 g/mol. The number of likely N-dealkylation sites (tertiary alicyclic amines) is 1. The summed E-state index contributed by atoms with van der Waals surface area (Å²) in [7, 11) is 0. The fourth-order valence-electron chi connectivity index (χ4n) is 6.59. The predicted molar refractivity (Wildman–Crippen MR) is 173 cm³/mol. The number of amides is 1. The van der Waals surface area contributed by atoms with Crippen molar-refractivity contribution < 1.29 is 9.59 Å². The normalized spacial score (nSPS) is 21.5. The van der Waals surface area contributed by atoms with E-state index in [0.717, 1.165) is 79.2 Å². The quantitative estimate of drug-likeness (QED) is 0.372. The molecule has 0 saturated carbocycles. The van der Waals surface area contributed by atoms with Gasteiger partial charge in [0.15, 0.2) is 5.78 Å². The Balaban J connectivity index is 1.11. The second kappa shape index (κ2) is 13.6. The number of hydrogen-bond acceptors (Lipinski definition) is 5. The van der Waals surface area contributed by atoms with Crippen LogP contribution in [0.4, 0.5) is 0 Å². The zero-order valence-electron chi connectivity index (χ0n) is 24.0. The number of piperidine rings is 1. The van der Waals surface area contributed by atoms with Crippen molar-refractivity contribution in [2.45, 2.75) is 44.9 Å². The Bertz CT molecular complexity index is 1450. The van der Waals surface area contributed by atoms with E-state index in [1.807, 2.05) is 36.6 Å². The molecule has 2 aromatic rings. The summed E-state index contributed by atoms with van der Waals surface area (Å²) in [6, 6.07) is 18.5. The first kappa shape index (κ1) is 29.2. The Kier molecular flexibility index (Phi) is 9.43.